The van der Waals surface area contributed by atoms with Gasteiger partial charge in [0.05, 0.1) is 5.56 Å². The average molecular weight is 240 g/mol. The van der Waals surface area contributed by atoms with Crippen LogP contribution >= 0.6 is 0 Å². The molecule has 1 aromatic carbocycles. The zero-order valence-corrected chi connectivity index (χ0v) is 9.90. The van der Waals surface area contributed by atoms with Crippen LogP contribution in [0.4, 0.5) is 0 Å². The molecule has 1 aromatic rings. The highest BCUT2D eigenvalue weighted by molar-refractivity contribution is 6.11. The lowest BCUT2D eigenvalue weighted by atomic mass is 10.1. The summed E-state index contributed by atoms with van der Waals surface area (Å²) in [5.41, 5.74) is 1.40. The van der Waals surface area contributed by atoms with Crippen LogP contribution in [0.1, 0.15) is 22.3 Å². The van der Waals surface area contributed by atoms with Crippen molar-refractivity contribution in [3.05, 3.63) is 47.1 Å². The number of ketones is 1. The lowest BCUT2D eigenvalue weighted by molar-refractivity contribution is 0.105. The minimum Gasteiger partial charge on any atom is -0.508 e. The number of rotatable bonds is 1. The van der Waals surface area contributed by atoms with Gasteiger partial charge in [-0.15, -0.1) is 0 Å². The Labute approximate surface area is 105 Å². The Morgan fingerprint density at radius 2 is 2.06 bits per heavy atom. The molecule has 0 amide bonds. The van der Waals surface area contributed by atoms with Crippen LogP contribution < -0.4 is 0 Å². The van der Waals surface area contributed by atoms with Crippen LogP contribution in [0.5, 0.6) is 11.5 Å². The molecule has 0 unspecified atom stereocenters. The predicted octanol–water partition coefficient (Wildman–Crippen LogP) is 2.48. The molecule has 90 valence electrons. The van der Waals surface area contributed by atoms with E-state index in [4.69, 9.17) is 0 Å². The number of hydrogen-bond acceptors (Lipinski definition) is 3. The molecule has 0 bridgehead atoms. The maximum absolute atomic E-state index is 11.8. The van der Waals surface area contributed by atoms with Gasteiger partial charge < -0.3 is 10.2 Å². The third kappa shape index (κ3) is 2.44. The summed E-state index contributed by atoms with van der Waals surface area (Å²) >= 11 is 0. The molecule has 18 heavy (non-hydrogen) atoms. The van der Waals surface area contributed by atoms with Gasteiger partial charge in [0.1, 0.15) is 11.5 Å². The van der Waals surface area contributed by atoms with Gasteiger partial charge in [0, 0.05) is 5.57 Å². The number of aromatic hydroxyl groups is 2. The van der Waals surface area contributed by atoms with Gasteiger partial charge in [0.2, 0.25) is 5.78 Å². The monoisotopic (exact) mass is 240 g/mol. The maximum atomic E-state index is 11.8. The van der Waals surface area contributed by atoms with E-state index in [1.165, 1.54) is 12.1 Å². The van der Waals surface area contributed by atoms with Gasteiger partial charge in [-0.3, -0.25) is 4.79 Å². The van der Waals surface area contributed by atoms with Gasteiger partial charge >= 0.3 is 0 Å². The van der Waals surface area contributed by atoms with Crippen LogP contribution in [0.2, 0.25) is 0 Å². The fourth-order valence-corrected chi connectivity index (χ4v) is 1.61. The summed E-state index contributed by atoms with van der Waals surface area (Å²) in [7, 11) is 0. The van der Waals surface area contributed by atoms with Gasteiger partial charge in [-0.05, 0) is 37.0 Å². The van der Waals surface area contributed by atoms with Crippen molar-refractivity contribution in [3.8, 4) is 23.3 Å². The molecule has 0 saturated carbocycles. The lowest BCUT2D eigenvalue weighted by Crippen LogP contribution is -1.96. The second-order valence-electron chi connectivity index (χ2n) is 4.06. The standard InChI is InChI=1S/C15H12O3/c1-10-8-15(18)12(9-14(10)17)13(16)7-6-11-4-2-3-5-11/h2-4,8-9,17-18H,5H2,1H3. The smallest absolute Gasteiger partial charge is 0.240 e. The van der Waals surface area contributed by atoms with E-state index in [0.717, 1.165) is 12.0 Å². The minimum absolute atomic E-state index is 0.0251. The highest BCUT2D eigenvalue weighted by Gasteiger charge is 2.11. The van der Waals surface area contributed by atoms with Gasteiger partial charge in [-0.2, -0.15) is 0 Å². The Balaban J connectivity index is 2.26. The predicted molar refractivity (Wildman–Crippen MR) is 68.5 cm³/mol. The van der Waals surface area contributed by atoms with E-state index >= 15 is 0 Å². The molecule has 3 heteroatoms. The number of carbonyl (C=O) groups excluding carboxylic acids is 1. The van der Waals surface area contributed by atoms with E-state index in [1.54, 1.807) is 6.92 Å². The van der Waals surface area contributed by atoms with Crippen molar-refractivity contribution in [1.29, 1.82) is 0 Å². The molecule has 0 fully saturated rings. The summed E-state index contributed by atoms with van der Waals surface area (Å²) in [5.74, 6) is 4.51. The van der Waals surface area contributed by atoms with Crippen molar-refractivity contribution in [2.75, 3.05) is 0 Å². The number of Topliss-reactive ketones (excluding diaryl/α,β-unsaturated/α-hetero) is 1. The molecule has 0 atom stereocenters. The SMILES string of the molecule is Cc1cc(O)c(C(=O)C#CC2=CC=CC2)cc1O. The number of benzene rings is 1. The van der Waals surface area contributed by atoms with Crippen molar-refractivity contribution in [1.82, 2.24) is 0 Å². The average Bonchev–Trinajstić information content (AvgIpc) is 2.84. The Morgan fingerprint density at radius 3 is 2.72 bits per heavy atom. The van der Waals surface area contributed by atoms with E-state index in [9.17, 15) is 15.0 Å². The Bertz CT molecular complexity index is 625. The number of phenolic OH excluding ortho intramolecular Hbond substituents is 2. The number of hydrogen-bond donors (Lipinski definition) is 2. The molecule has 1 aliphatic rings. The topological polar surface area (TPSA) is 57.5 Å². The minimum atomic E-state index is -0.504. The summed E-state index contributed by atoms with van der Waals surface area (Å²) in [6, 6.07) is 2.59. The molecule has 0 aromatic heterocycles. The van der Waals surface area contributed by atoms with Gasteiger partial charge in [-0.25, -0.2) is 0 Å². The first-order valence-corrected chi connectivity index (χ1v) is 5.52. The lowest BCUT2D eigenvalue weighted by Gasteiger charge is -2.03. The van der Waals surface area contributed by atoms with Crippen molar-refractivity contribution < 1.29 is 15.0 Å². The Morgan fingerprint density at radius 1 is 1.28 bits per heavy atom. The van der Waals surface area contributed by atoms with Crippen LogP contribution in [-0.2, 0) is 0 Å². The van der Waals surface area contributed by atoms with Crippen molar-refractivity contribution in [2.45, 2.75) is 13.3 Å². The van der Waals surface area contributed by atoms with Crippen LogP contribution in [0.3, 0.4) is 0 Å². The Hall–Kier alpha value is -2.47. The molecule has 3 nitrogen and oxygen atoms in total. The fraction of sp³-hybridized carbons (Fsp3) is 0.133. The first-order chi connectivity index (χ1) is 8.58. The third-order valence-corrected chi connectivity index (χ3v) is 2.67. The first kappa shape index (κ1) is 12.0. The largest absolute Gasteiger partial charge is 0.508 e. The number of aryl methyl sites for hydroxylation is 1. The van der Waals surface area contributed by atoms with Gasteiger partial charge in [0.15, 0.2) is 0 Å². The van der Waals surface area contributed by atoms with Crippen LogP contribution in [0.25, 0.3) is 0 Å². The van der Waals surface area contributed by atoms with Crippen molar-refractivity contribution in [3.63, 3.8) is 0 Å². The molecule has 0 radical (unpaired) electrons. The molecule has 0 aliphatic heterocycles. The molecule has 1 aliphatic carbocycles. The van der Waals surface area contributed by atoms with E-state index in [-0.39, 0.29) is 17.1 Å². The summed E-state index contributed by atoms with van der Waals surface area (Å²) in [6.45, 7) is 1.64. The number of phenols is 2. The maximum Gasteiger partial charge on any atom is 0.240 e. The van der Waals surface area contributed by atoms with E-state index in [1.807, 2.05) is 18.2 Å². The number of carbonyl (C=O) groups is 1. The summed E-state index contributed by atoms with van der Waals surface area (Å²) in [6.07, 6.45) is 6.39. The molecule has 0 spiro atoms. The van der Waals surface area contributed by atoms with Gasteiger partial charge in [0.25, 0.3) is 0 Å². The molecule has 0 saturated heterocycles. The molecule has 2 N–H and O–H groups in total. The number of allylic oxidation sites excluding steroid dienone is 4. The van der Waals surface area contributed by atoms with Gasteiger partial charge in [-0.1, -0.05) is 24.1 Å². The summed E-state index contributed by atoms with van der Waals surface area (Å²) in [4.78, 5) is 11.8. The van der Waals surface area contributed by atoms with Crippen LogP contribution in [0.15, 0.2) is 35.9 Å². The van der Waals surface area contributed by atoms with E-state index < -0.39 is 5.78 Å². The molecular weight excluding hydrogens is 228 g/mol. The first-order valence-electron chi connectivity index (χ1n) is 5.52. The molecule has 2 rings (SSSR count). The van der Waals surface area contributed by atoms with Crippen molar-refractivity contribution >= 4 is 5.78 Å². The molecule has 0 heterocycles. The highest BCUT2D eigenvalue weighted by Crippen LogP contribution is 2.26. The van der Waals surface area contributed by atoms with Crippen LogP contribution in [-0.4, -0.2) is 16.0 Å². The normalized spacial score (nSPS) is 12.8. The second kappa shape index (κ2) is 4.80. The zero-order valence-electron chi connectivity index (χ0n) is 9.90. The third-order valence-electron chi connectivity index (χ3n) is 2.67. The zero-order chi connectivity index (χ0) is 13.1. The second-order valence-corrected chi connectivity index (χ2v) is 4.06. The Kier molecular flexibility index (Phi) is 3.20. The quantitative estimate of drug-likeness (QED) is 0.343. The van der Waals surface area contributed by atoms with Crippen LogP contribution in [0, 0.1) is 18.8 Å². The van der Waals surface area contributed by atoms with E-state index in [2.05, 4.69) is 11.8 Å². The van der Waals surface area contributed by atoms with Crippen molar-refractivity contribution in [2.24, 2.45) is 0 Å². The molecular formula is C15H12O3. The summed E-state index contributed by atoms with van der Waals surface area (Å²) in [5, 5.41) is 19.2. The summed E-state index contributed by atoms with van der Waals surface area (Å²) < 4.78 is 0. The highest BCUT2D eigenvalue weighted by atomic mass is 16.3. The fourth-order valence-electron chi connectivity index (χ4n) is 1.61. The van der Waals surface area contributed by atoms with E-state index in [0.29, 0.717) is 5.56 Å².